The third kappa shape index (κ3) is 4.50. The van der Waals surface area contributed by atoms with Crippen LogP contribution in [0.5, 0.6) is 0 Å². The third-order valence-electron chi connectivity index (χ3n) is 8.13. The number of amides is 2. The molecule has 0 aromatic heterocycles. The van der Waals surface area contributed by atoms with Crippen molar-refractivity contribution in [2.24, 2.45) is 11.8 Å². The molecule has 200 valence electrons. The van der Waals surface area contributed by atoms with Gasteiger partial charge in [0.15, 0.2) is 0 Å². The van der Waals surface area contributed by atoms with Crippen LogP contribution in [0, 0.1) is 11.8 Å². The molecule has 3 fully saturated rings. The summed E-state index contributed by atoms with van der Waals surface area (Å²) < 4.78 is 11.9. The molecule has 1 spiro atoms. The molecular weight excluding hydrogens is 472 g/mol. The summed E-state index contributed by atoms with van der Waals surface area (Å²) >= 11 is 0. The lowest BCUT2D eigenvalue weighted by Gasteiger charge is -2.41. The molecule has 7 atom stereocenters. The van der Waals surface area contributed by atoms with E-state index in [2.05, 4.69) is 20.1 Å². The zero-order valence-corrected chi connectivity index (χ0v) is 21.8. The second-order valence-electron chi connectivity index (χ2n) is 10.2. The van der Waals surface area contributed by atoms with Crippen LogP contribution in [0.2, 0.25) is 0 Å². The van der Waals surface area contributed by atoms with Crippen molar-refractivity contribution in [3.8, 4) is 0 Å². The number of aliphatic hydroxyl groups is 1. The number of benzene rings is 1. The fraction of sp³-hybridized carbons (Fsp3) is 0.552. The lowest BCUT2D eigenvalue weighted by atomic mass is 9.70. The van der Waals surface area contributed by atoms with Gasteiger partial charge in [-0.1, -0.05) is 62.4 Å². The molecule has 2 amide bonds. The van der Waals surface area contributed by atoms with Gasteiger partial charge < -0.3 is 24.4 Å². The largest absolute Gasteiger partial charge is 0.461 e. The number of aliphatic hydroxyl groups excluding tert-OH is 1. The number of carbonyl (C=O) groups is 3. The van der Waals surface area contributed by atoms with Crippen molar-refractivity contribution in [1.29, 1.82) is 0 Å². The number of fused-ring (bicyclic) bond motifs is 1. The van der Waals surface area contributed by atoms with Crippen molar-refractivity contribution < 1.29 is 29.0 Å². The number of likely N-dealkylation sites (tertiary alicyclic amines) is 1. The standard InChI is InChI=1S/C29H38N2O6/c1-5-11-19(4)30(16-6-2)27(34)25-29-15-14-22(37-29)23(28(35)36-17-7-3)24(29)26(33)31(25)21(18-32)20-12-9-8-10-13-20/h6-10,12-13,19,21-25,32H,2-3,5,11,14-18H2,1,4H3/t19?,21-,22-,23+,24+,25?,29?/m1/s1. The van der Waals surface area contributed by atoms with Crippen LogP contribution >= 0.6 is 0 Å². The first-order chi connectivity index (χ1) is 17.9. The Balaban J connectivity index is 1.82. The molecule has 3 aliphatic heterocycles. The normalized spacial score (nSPS) is 29.5. The molecule has 3 saturated heterocycles. The molecule has 3 aliphatic rings. The van der Waals surface area contributed by atoms with E-state index in [9.17, 15) is 19.5 Å². The highest BCUT2D eigenvalue weighted by molar-refractivity contribution is 5.98. The Morgan fingerprint density at radius 1 is 1.30 bits per heavy atom. The van der Waals surface area contributed by atoms with Gasteiger partial charge in [-0.25, -0.2) is 0 Å². The highest BCUT2D eigenvalue weighted by Gasteiger charge is 2.75. The molecule has 8 nitrogen and oxygen atoms in total. The summed E-state index contributed by atoms with van der Waals surface area (Å²) in [5, 5.41) is 10.5. The van der Waals surface area contributed by atoms with E-state index in [1.807, 2.05) is 37.3 Å². The zero-order valence-electron chi connectivity index (χ0n) is 21.8. The monoisotopic (exact) mass is 510 g/mol. The van der Waals surface area contributed by atoms with Gasteiger partial charge in [0.1, 0.15) is 18.2 Å². The van der Waals surface area contributed by atoms with Crippen LogP contribution in [0.1, 0.15) is 51.1 Å². The molecule has 1 aromatic carbocycles. The van der Waals surface area contributed by atoms with Crippen molar-refractivity contribution in [1.82, 2.24) is 9.80 Å². The SMILES string of the molecule is C=CCOC(=O)[C@@H]1[C@H]2C(=O)N([C@H](CO)c3ccccc3)C(C(=O)N(CC=C)C(C)CCC)C23CC[C@H]1O3. The van der Waals surface area contributed by atoms with E-state index in [1.165, 1.54) is 11.0 Å². The summed E-state index contributed by atoms with van der Waals surface area (Å²) in [6, 6.07) is 7.35. The van der Waals surface area contributed by atoms with Crippen molar-refractivity contribution in [2.45, 2.75) is 69.4 Å². The molecule has 4 rings (SSSR count). The van der Waals surface area contributed by atoms with E-state index in [0.29, 0.717) is 24.9 Å². The van der Waals surface area contributed by atoms with E-state index in [1.54, 1.807) is 11.0 Å². The number of carbonyl (C=O) groups excluding carboxylic acids is 3. The lowest BCUT2D eigenvalue weighted by molar-refractivity contribution is -0.156. The average Bonchev–Trinajstić information content (AvgIpc) is 3.54. The van der Waals surface area contributed by atoms with Crippen molar-refractivity contribution in [3.63, 3.8) is 0 Å². The molecule has 0 saturated carbocycles. The molecular formula is C29H38N2O6. The zero-order chi connectivity index (χ0) is 26.7. The fourth-order valence-electron chi connectivity index (χ4n) is 6.60. The second-order valence-corrected chi connectivity index (χ2v) is 10.2. The summed E-state index contributed by atoms with van der Waals surface area (Å²) in [5.74, 6) is -2.78. The summed E-state index contributed by atoms with van der Waals surface area (Å²) in [6.45, 7) is 11.5. The summed E-state index contributed by atoms with van der Waals surface area (Å²) in [7, 11) is 0. The summed E-state index contributed by atoms with van der Waals surface area (Å²) in [5.41, 5.74) is -0.450. The van der Waals surface area contributed by atoms with Gasteiger partial charge in [-0.05, 0) is 31.7 Å². The number of nitrogens with zero attached hydrogens (tertiary/aromatic N) is 2. The first-order valence-electron chi connectivity index (χ1n) is 13.2. The molecule has 1 N–H and O–H groups in total. The summed E-state index contributed by atoms with van der Waals surface area (Å²) in [6.07, 6.45) is 5.38. The van der Waals surface area contributed by atoms with E-state index in [4.69, 9.17) is 9.47 Å². The topological polar surface area (TPSA) is 96.4 Å². The van der Waals surface area contributed by atoms with Gasteiger partial charge in [-0.2, -0.15) is 0 Å². The molecule has 37 heavy (non-hydrogen) atoms. The minimum atomic E-state index is -1.16. The van der Waals surface area contributed by atoms with E-state index >= 15 is 0 Å². The van der Waals surface area contributed by atoms with Crippen LogP contribution in [0.15, 0.2) is 55.6 Å². The fourth-order valence-corrected chi connectivity index (χ4v) is 6.60. The molecule has 3 unspecified atom stereocenters. The Morgan fingerprint density at radius 3 is 2.65 bits per heavy atom. The van der Waals surface area contributed by atoms with E-state index in [-0.39, 0.29) is 31.1 Å². The van der Waals surface area contributed by atoms with Gasteiger partial charge in [0.2, 0.25) is 11.8 Å². The smallest absolute Gasteiger partial charge is 0.312 e. The van der Waals surface area contributed by atoms with Crippen molar-refractivity contribution in [3.05, 3.63) is 61.2 Å². The Labute approximate surface area is 218 Å². The Hall–Kier alpha value is -2.97. The third-order valence-corrected chi connectivity index (χ3v) is 8.13. The van der Waals surface area contributed by atoms with Crippen molar-refractivity contribution >= 4 is 17.8 Å². The minimum Gasteiger partial charge on any atom is -0.461 e. The Kier molecular flexibility index (Phi) is 8.19. The molecule has 8 heteroatoms. The van der Waals surface area contributed by atoms with Crippen LogP contribution in [-0.4, -0.2) is 76.2 Å². The molecule has 3 heterocycles. The number of hydrogen-bond acceptors (Lipinski definition) is 6. The van der Waals surface area contributed by atoms with E-state index in [0.717, 1.165) is 12.8 Å². The van der Waals surface area contributed by atoms with Crippen LogP contribution in [0.4, 0.5) is 0 Å². The van der Waals surface area contributed by atoms with Gasteiger partial charge in [0.05, 0.1) is 30.6 Å². The van der Waals surface area contributed by atoms with Gasteiger partial charge in [-0.3, -0.25) is 14.4 Å². The highest BCUT2D eigenvalue weighted by atomic mass is 16.6. The van der Waals surface area contributed by atoms with Crippen molar-refractivity contribution in [2.75, 3.05) is 19.8 Å². The minimum absolute atomic E-state index is 0.0347. The van der Waals surface area contributed by atoms with Gasteiger partial charge in [0, 0.05) is 12.6 Å². The quantitative estimate of drug-likeness (QED) is 0.343. The maximum atomic E-state index is 14.4. The number of esters is 1. The second kappa shape index (κ2) is 11.2. The highest BCUT2D eigenvalue weighted by Crippen LogP contribution is 2.60. The lowest BCUT2D eigenvalue weighted by Crippen LogP contribution is -2.58. The molecule has 0 aliphatic carbocycles. The average molecular weight is 511 g/mol. The maximum absolute atomic E-state index is 14.4. The molecule has 1 aromatic rings. The predicted octanol–water partition coefficient (Wildman–Crippen LogP) is 3.03. The van der Waals surface area contributed by atoms with Gasteiger partial charge in [0.25, 0.3) is 0 Å². The van der Waals surface area contributed by atoms with Crippen LogP contribution in [-0.2, 0) is 23.9 Å². The summed E-state index contributed by atoms with van der Waals surface area (Å²) in [4.78, 5) is 45.0. The van der Waals surface area contributed by atoms with Gasteiger partial charge in [-0.15, -0.1) is 6.58 Å². The van der Waals surface area contributed by atoms with Crippen LogP contribution in [0.25, 0.3) is 0 Å². The molecule has 2 bridgehead atoms. The molecule has 0 radical (unpaired) electrons. The number of rotatable bonds is 12. The first-order valence-corrected chi connectivity index (χ1v) is 13.2. The predicted molar refractivity (Wildman–Crippen MR) is 138 cm³/mol. The van der Waals surface area contributed by atoms with E-state index < -0.39 is 41.6 Å². The number of ether oxygens (including phenoxy) is 2. The Bertz CT molecular complexity index is 1030. The van der Waals surface area contributed by atoms with Crippen LogP contribution < -0.4 is 0 Å². The van der Waals surface area contributed by atoms with Gasteiger partial charge >= 0.3 is 5.97 Å². The maximum Gasteiger partial charge on any atom is 0.312 e. The van der Waals surface area contributed by atoms with Crippen LogP contribution in [0.3, 0.4) is 0 Å². The number of hydrogen-bond donors (Lipinski definition) is 1. The first kappa shape index (κ1) is 27.1. The Morgan fingerprint density at radius 2 is 2.03 bits per heavy atom.